The van der Waals surface area contributed by atoms with Crippen molar-refractivity contribution < 1.29 is 22.7 Å². The molecule has 11 heteroatoms. The van der Waals surface area contributed by atoms with Crippen LogP contribution in [0.2, 0.25) is 0 Å². The molecular formula is C23H25F3N6O2. The van der Waals surface area contributed by atoms with Crippen LogP contribution in [-0.2, 0) is 11.3 Å². The first-order valence-electron chi connectivity index (χ1n) is 10.9. The highest BCUT2D eigenvalue weighted by atomic mass is 19.4. The number of piperidine rings is 1. The van der Waals surface area contributed by atoms with Crippen molar-refractivity contribution in [2.45, 2.75) is 39.6 Å². The molecule has 0 saturated carbocycles. The maximum atomic E-state index is 12.8. The van der Waals surface area contributed by atoms with Crippen molar-refractivity contribution in [1.82, 2.24) is 25.3 Å². The van der Waals surface area contributed by atoms with Gasteiger partial charge in [0, 0.05) is 30.9 Å². The molecule has 8 nitrogen and oxygen atoms in total. The van der Waals surface area contributed by atoms with Gasteiger partial charge in [0.2, 0.25) is 5.91 Å². The molecule has 1 N–H and O–H groups in total. The summed E-state index contributed by atoms with van der Waals surface area (Å²) < 4.78 is 43.7. The Morgan fingerprint density at radius 2 is 1.88 bits per heavy atom. The Morgan fingerprint density at radius 3 is 2.56 bits per heavy atom. The second-order valence-electron chi connectivity index (χ2n) is 8.25. The van der Waals surface area contributed by atoms with Gasteiger partial charge in [-0.05, 0) is 51.0 Å². The zero-order valence-corrected chi connectivity index (χ0v) is 18.8. The van der Waals surface area contributed by atoms with E-state index in [2.05, 4.69) is 25.3 Å². The molecule has 3 aromatic rings. The van der Waals surface area contributed by atoms with Crippen molar-refractivity contribution in [3.05, 3.63) is 59.4 Å². The number of benzene rings is 1. The third kappa shape index (κ3) is 5.64. The Bertz CT molecular complexity index is 1150. The van der Waals surface area contributed by atoms with Crippen LogP contribution in [0.25, 0.3) is 5.82 Å². The number of anilines is 1. The summed E-state index contributed by atoms with van der Waals surface area (Å²) in [7, 11) is 0. The van der Waals surface area contributed by atoms with Crippen LogP contribution < -0.4 is 15.0 Å². The van der Waals surface area contributed by atoms with Crippen molar-refractivity contribution in [2.24, 2.45) is 5.92 Å². The van der Waals surface area contributed by atoms with Crippen LogP contribution in [0.3, 0.4) is 0 Å². The van der Waals surface area contributed by atoms with Gasteiger partial charge in [0.25, 0.3) is 0 Å². The van der Waals surface area contributed by atoms with E-state index in [0.717, 1.165) is 24.4 Å². The zero-order valence-electron chi connectivity index (χ0n) is 18.8. The molecule has 0 aliphatic carbocycles. The van der Waals surface area contributed by atoms with E-state index in [4.69, 9.17) is 0 Å². The number of para-hydroxylation sites is 1. The molecule has 3 heterocycles. The number of hydrogen-bond acceptors (Lipinski definition) is 6. The van der Waals surface area contributed by atoms with Gasteiger partial charge in [0.15, 0.2) is 11.6 Å². The molecule has 4 rings (SSSR count). The molecule has 0 spiro atoms. The largest absolute Gasteiger partial charge is 0.573 e. The van der Waals surface area contributed by atoms with Crippen molar-refractivity contribution in [3.63, 3.8) is 0 Å². The van der Waals surface area contributed by atoms with E-state index in [1.54, 1.807) is 10.7 Å². The molecule has 1 atom stereocenters. The fourth-order valence-electron chi connectivity index (χ4n) is 4.06. The Hall–Kier alpha value is -3.63. The predicted molar refractivity (Wildman–Crippen MR) is 119 cm³/mol. The Kier molecular flexibility index (Phi) is 6.71. The van der Waals surface area contributed by atoms with Crippen LogP contribution in [0.15, 0.2) is 42.5 Å². The molecule has 1 saturated heterocycles. The van der Waals surface area contributed by atoms with Gasteiger partial charge in [-0.2, -0.15) is 5.10 Å². The molecule has 34 heavy (non-hydrogen) atoms. The van der Waals surface area contributed by atoms with Crippen LogP contribution in [0.1, 0.15) is 29.8 Å². The van der Waals surface area contributed by atoms with Gasteiger partial charge >= 0.3 is 6.36 Å². The van der Waals surface area contributed by atoms with E-state index in [0.29, 0.717) is 24.6 Å². The topological polar surface area (TPSA) is 85.2 Å². The molecule has 1 fully saturated rings. The van der Waals surface area contributed by atoms with Gasteiger partial charge in [-0.3, -0.25) is 4.79 Å². The zero-order chi connectivity index (χ0) is 24.3. The Morgan fingerprint density at radius 1 is 1.15 bits per heavy atom. The second-order valence-corrected chi connectivity index (χ2v) is 8.25. The lowest BCUT2D eigenvalue weighted by Crippen LogP contribution is -2.43. The van der Waals surface area contributed by atoms with Crippen molar-refractivity contribution in [1.29, 1.82) is 0 Å². The standard InChI is InChI=1S/C23H25F3N6O2/c1-15-12-16(2)32(30-15)21-10-9-20(28-29-21)31-11-5-7-18(14-31)22(33)27-13-17-6-3-4-8-19(17)34-23(24,25)26/h3-4,6,8-10,12,18H,5,7,11,13-14H2,1-2H3,(H,27,33). The first-order chi connectivity index (χ1) is 16.2. The SMILES string of the molecule is Cc1cc(C)n(-c2ccc(N3CCCC(C(=O)NCc4ccccc4OC(F)(F)F)C3)nn2)n1. The number of nitrogens with zero attached hydrogens (tertiary/aromatic N) is 5. The number of rotatable bonds is 6. The van der Waals surface area contributed by atoms with E-state index >= 15 is 0 Å². The number of aryl methyl sites for hydroxylation is 2. The van der Waals surface area contributed by atoms with Gasteiger partial charge in [-0.1, -0.05) is 18.2 Å². The Balaban J connectivity index is 1.38. The van der Waals surface area contributed by atoms with Crippen LogP contribution in [-0.4, -0.2) is 45.3 Å². The fourth-order valence-corrected chi connectivity index (χ4v) is 4.06. The van der Waals surface area contributed by atoms with Gasteiger partial charge in [-0.25, -0.2) is 4.68 Å². The lowest BCUT2D eigenvalue weighted by molar-refractivity contribution is -0.274. The molecule has 1 aromatic carbocycles. The average Bonchev–Trinajstić information content (AvgIpc) is 3.15. The van der Waals surface area contributed by atoms with Gasteiger partial charge in [0.1, 0.15) is 5.75 Å². The van der Waals surface area contributed by atoms with Crippen molar-refractivity contribution in [3.8, 4) is 11.6 Å². The quantitative estimate of drug-likeness (QED) is 0.586. The first-order valence-corrected chi connectivity index (χ1v) is 10.9. The predicted octanol–water partition coefficient (Wildman–Crippen LogP) is 3.71. The summed E-state index contributed by atoms with van der Waals surface area (Å²) in [5, 5.41) is 15.8. The summed E-state index contributed by atoms with van der Waals surface area (Å²) in [4.78, 5) is 14.8. The first kappa shape index (κ1) is 23.5. The maximum absolute atomic E-state index is 12.8. The Labute approximate surface area is 194 Å². The second kappa shape index (κ2) is 9.70. The number of ether oxygens (including phenoxy) is 1. The summed E-state index contributed by atoms with van der Waals surface area (Å²) in [6.07, 6.45) is -3.33. The monoisotopic (exact) mass is 474 g/mol. The maximum Gasteiger partial charge on any atom is 0.573 e. The molecule has 1 unspecified atom stereocenters. The van der Waals surface area contributed by atoms with E-state index in [9.17, 15) is 18.0 Å². The molecule has 0 bridgehead atoms. The van der Waals surface area contributed by atoms with Crippen LogP contribution in [0.4, 0.5) is 19.0 Å². The van der Waals surface area contributed by atoms with E-state index in [1.807, 2.05) is 36.9 Å². The summed E-state index contributed by atoms with van der Waals surface area (Å²) in [5.74, 6) is 0.409. The molecular weight excluding hydrogens is 449 g/mol. The van der Waals surface area contributed by atoms with E-state index in [1.165, 1.54) is 18.2 Å². The smallest absolute Gasteiger partial charge is 0.405 e. The summed E-state index contributed by atoms with van der Waals surface area (Å²) in [5.41, 5.74) is 2.10. The summed E-state index contributed by atoms with van der Waals surface area (Å²) in [6, 6.07) is 11.4. The highest BCUT2D eigenvalue weighted by molar-refractivity contribution is 5.79. The molecule has 0 radical (unpaired) electrons. The molecule has 180 valence electrons. The molecule has 2 aromatic heterocycles. The minimum atomic E-state index is -4.80. The van der Waals surface area contributed by atoms with Crippen molar-refractivity contribution in [2.75, 3.05) is 18.0 Å². The van der Waals surface area contributed by atoms with Crippen molar-refractivity contribution >= 4 is 11.7 Å². The number of alkyl halides is 3. The number of amides is 1. The highest BCUT2D eigenvalue weighted by Crippen LogP contribution is 2.27. The summed E-state index contributed by atoms with van der Waals surface area (Å²) >= 11 is 0. The minimum absolute atomic E-state index is 0.0568. The van der Waals surface area contributed by atoms with E-state index in [-0.39, 0.29) is 29.7 Å². The summed E-state index contributed by atoms with van der Waals surface area (Å²) in [6.45, 7) is 4.97. The normalized spacial score (nSPS) is 16.4. The number of nitrogens with one attached hydrogen (secondary N) is 1. The fraction of sp³-hybridized carbons (Fsp3) is 0.391. The third-order valence-corrected chi connectivity index (χ3v) is 5.63. The van der Waals surface area contributed by atoms with Gasteiger partial charge < -0.3 is 15.0 Å². The van der Waals surface area contributed by atoms with Gasteiger partial charge in [-0.15, -0.1) is 23.4 Å². The van der Waals surface area contributed by atoms with Gasteiger partial charge in [0.05, 0.1) is 11.6 Å². The molecule has 1 aliphatic heterocycles. The lowest BCUT2D eigenvalue weighted by Gasteiger charge is -2.32. The van der Waals surface area contributed by atoms with Crippen LogP contribution >= 0.6 is 0 Å². The number of carbonyl (C=O) groups excluding carboxylic acids is 1. The highest BCUT2D eigenvalue weighted by Gasteiger charge is 2.32. The minimum Gasteiger partial charge on any atom is -0.405 e. The van der Waals surface area contributed by atoms with E-state index < -0.39 is 6.36 Å². The number of halogens is 3. The average molecular weight is 474 g/mol. The third-order valence-electron chi connectivity index (χ3n) is 5.63. The number of carbonyl (C=O) groups is 1. The lowest BCUT2D eigenvalue weighted by atomic mass is 9.97. The molecule has 1 amide bonds. The number of hydrogen-bond donors (Lipinski definition) is 1. The van der Waals surface area contributed by atoms with Crippen LogP contribution in [0, 0.1) is 19.8 Å². The van der Waals surface area contributed by atoms with Crippen LogP contribution in [0.5, 0.6) is 5.75 Å². The molecule has 1 aliphatic rings. The number of aromatic nitrogens is 4.